The van der Waals surface area contributed by atoms with Gasteiger partial charge < -0.3 is 5.32 Å². The highest BCUT2D eigenvalue weighted by Gasteiger charge is 2.32. The Hall–Kier alpha value is -2.29. The SMILES string of the molecule is CCc1ccc(S(=O)(=O)N(Cc2ccc3nonc3c2)C2CCNCC2)cc1. The number of sulfonamides is 1. The maximum atomic E-state index is 13.5. The Kier molecular flexibility index (Phi) is 5.43. The van der Waals surface area contributed by atoms with Gasteiger partial charge in [0, 0.05) is 12.6 Å². The number of aromatic nitrogens is 2. The lowest BCUT2D eigenvalue weighted by atomic mass is 10.1. The summed E-state index contributed by atoms with van der Waals surface area (Å²) in [6.45, 7) is 3.99. The molecule has 0 saturated carbocycles. The smallest absolute Gasteiger partial charge is 0.243 e. The number of rotatable bonds is 6. The van der Waals surface area contributed by atoms with Gasteiger partial charge in [-0.15, -0.1) is 0 Å². The zero-order valence-electron chi connectivity index (χ0n) is 15.8. The molecule has 0 spiro atoms. The molecule has 0 atom stereocenters. The van der Waals surface area contributed by atoms with E-state index in [-0.39, 0.29) is 6.04 Å². The molecule has 1 aliphatic rings. The first-order chi connectivity index (χ1) is 13.6. The fraction of sp³-hybridized carbons (Fsp3) is 0.400. The minimum atomic E-state index is -3.62. The van der Waals surface area contributed by atoms with Gasteiger partial charge in [-0.1, -0.05) is 25.1 Å². The van der Waals surface area contributed by atoms with Gasteiger partial charge in [0.15, 0.2) is 0 Å². The van der Waals surface area contributed by atoms with Crippen LogP contribution in [0.1, 0.15) is 30.9 Å². The van der Waals surface area contributed by atoms with Crippen molar-refractivity contribution in [2.24, 2.45) is 0 Å². The molecule has 0 aliphatic carbocycles. The number of hydrogen-bond acceptors (Lipinski definition) is 6. The largest absolute Gasteiger partial charge is 0.317 e. The summed E-state index contributed by atoms with van der Waals surface area (Å²) in [5.41, 5.74) is 3.29. The molecule has 1 N–H and O–H groups in total. The van der Waals surface area contributed by atoms with Crippen LogP contribution < -0.4 is 5.32 Å². The summed E-state index contributed by atoms with van der Waals surface area (Å²) in [5, 5.41) is 11.0. The molecule has 0 unspecified atom stereocenters. The minimum absolute atomic E-state index is 0.0387. The number of nitrogens with one attached hydrogen (secondary N) is 1. The van der Waals surface area contributed by atoms with Crippen LogP contribution in [0.5, 0.6) is 0 Å². The van der Waals surface area contributed by atoms with Crippen LogP contribution in [0.4, 0.5) is 0 Å². The van der Waals surface area contributed by atoms with Crippen molar-refractivity contribution in [2.45, 2.75) is 43.7 Å². The van der Waals surface area contributed by atoms with Gasteiger partial charge in [0.1, 0.15) is 11.0 Å². The van der Waals surface area contributed by atoms with Crippen LogP contribution in [0.15, 0.2) is 52.0 Å². The van der Waals surface area contributed by atoms with E-state index in [0.717, 1.165) is 43.5 Å². The Balaban J connectivity index is 1.69. The molecule has 0 amide bonds. The lowest BCUT2D eigenvalue weighted by Gasteiger charge is -2.34. The molecule has 148 valence electrons. The molecule has 1 fully saturated rings. The van der Waals surface area contributed by atoms with Crippen LogP contribution >= 0.6 is 0 Å². The van der Waals surface area contributed by atoms with E-state index in [2.05, 4.69) is 22.6 Å². The van der Waals surface area contributed by atoms with Crippen LogP contribution in [0.25, 0.3) is 11.0 Å². The maximum absolute atomic E-state index is 13.5. The Morgan fingerprint density at radius 2 is 1.71 bits per heavy atom. The van der Waals surface area contributed by atoms with Crippen molar-refractivity contribution in [3.63, 3.8) is 0 Å². The van der Waals surface area contributed by atoms with E-state index in [9.17, 15) is 8.42 Å². The van der Waals surface area contributed by atoms with Gasteiger partial charge in [-0.25, -0.2) is 13.0 Å². The number of fused-ring (bicyclic) bond motifs is 1. The van der Waals surface area contributed by atoms with Gasteiger partial charge in [0.25, 0.3) is 0 Å². The highest BCUT2D eigenvalue weighted by Crippen LogP contribution is 2.26. The van der Waals surface area contributed by atoms with E-state index < -0.39 is 10.0 Å². The Labute approximate surface area is 164 Å². The third kappa shape index (κ3) is 3.80. The van der Waals surface area contributed by atoms with Crippen molar-refractivity contribution in [1.29, 1.82) is 0 Å². The van der Waals surface area contributed by atoms with E-state index in [1.807, 2.05) is 30.3 Å². The number of hydrogen-bond donors (Lipinski definition) is 1. The van der Waals surface area contributed by atoms with Crippen molar-refractivity contribution >= 4 is 21.1 Å². The molecule has 2 heterocycles. The maximum Gasteiger partial charge on any atom is 0.243 e. The molecule has 1 saturated heterocycles. The van der Waals surface area contributed by atoms with Crippen LogP contribution in [0, 0.1) is 0 Å². The number of nitrogens with zero attached hydrogens (tertiary/aromatic N) is 3. The van der Waals surface area contributed by atoms with Crippen molar-refractivity contribution in [2.75, 3.05) is 13.1 Å². The van der Waals surface area contributed by atoms with Gasteiger partial charge in [0.2, 0.25) is 10.0 Å². The Bertz CT molecular complexity index is 1040. The average Bonchev–Trinajstić information content (AvgIpc) is 3.20. The van der Waals surface area contributed by atoms with E-state index in [4.69, 9.17) is 4.63 Å². The third-order valence-corrected chi connectivity index (χ3v) is 7.22. The topological polar surface area (TPSA) is 88.3 Å². The van der Waals surface area contributed by atoms with E-state index in [1.54, 1.807) is 16.4 Å². The van der Waals surface area contributed by atoms with Crippen molar-refractivity contribution in [1.82, 2.24) is 19.9 Å². The molecule has 2 aromatic carbocycles. The first-order valence-electron chi connectivity index (χ1n) is 9.60. The van der Waals surface area contributed by atoms with Gasteiger partial charge in [-0.2, -0.15) is 4.31 Å². The molecule has 7 nitrogen and oxygen atoms in total. The minimum Gasteiger partial charge on any atom is -0.317 e. The molecule has 3 aromatic rings. The predicted molar refractivity (Wildman–Crippen MR) is 106 cm³/mol. The van der Waals surface area contributed by atoms with Crippen LogP contribution in [-0.2, 0) is 23.0 Å². The summed E-state index contributed by atoms with van der Waals surface area (Å²) < 4.78 is 33.4. The lowest BCUT2D eigenvalue weighted by Crippen LogP contribution is -2.45. The summed E-state index contributed by atoms with van der Waals surface area (Å²) in [5.74, 6) is 0. The molecule has 28 heavy (non-hydrogen) atoms. The molecule has 1 aromatic heterocycles. The first-order valence-corrected chi connectivity index (χ1v) is 11.0. The average molecular weight is 401 g/mol. The summed E-state index contributed by atoms with van der Waals surface area (Å²) in [6, 6.07) is 12.7. The zero-order valence-corrected chi connectivity index (χ0v) is 16.7. The van der Waals surface area contributed by atoms with Crippen LogP contribution in [-0.4, -0.2) is 42.2 Å². The number of benzene rings is 2. The molecular weight excluding hydrogens is 376 g/mol. The van der Waals surface area contributed by atoms with Gasteiger partial charge in [-0.3, -0.25) is 0 Å². The molecule has 1 aliphatic heterocycles. The lowest BCUT2D eigenvalue weighted by molar-refractivity contribution is 0.256. The summed E-state index contributed by atoms with van der Waals surface area (Å²) >= 11 is 0. The predicted octanol–water partition coefficient (Wildman–Crippen LogP) is 2.73. The van der Waals surface area contributed by atoms with Crippen molar-refractivity contribution < 1.29 is 13.0 Å². The second-order valence-corrected chi connectivity index (χ2v) is 9.01. The van der Waals surface area contributed by atoms with Crippen molar-refractivity contribution in [3.05, 3.63) is 53.6 Å². The number of piperidine rings is 1. The summed E-state index contributed by atoms with van der Waals surface area (Å²) in [7, 11) is -3.62. The van der Waals surface area contributed by atoms with E-state index in [0.29, 0.717) is 22.5 Å². The van der Waals surface area contributed by atoms with E-state index in [1.165, 1.54) is 0 Å². The third-order valence-electron chi connectivity index (χ3n) is 5.31. The summed E-state index contributed by atoms with van der Waals surface area (Å²) in [4.78, 5) is 0.340. The molecule has 4 rings (SSSR count). The summed E-state index contributed by atoms with van der Waals surface area (Å²) in [6.07, 6.45) is 2.46. The zero-order chi connectivity index (χ0) is 19.6. The quantitative estimate of drug-likeness (QED) is 0.684. The fourth-order valence-electron chi connectivity index (χ4n) is 3.64. The molecular formula is C20H24N4O3S. The molecule has 0 bridgehead atoms. The second-order valence-electron chi connectivity index (χ2n) is 7.12. The second kappa shape index (κ2) is 7.98. The molecule has 8 heteroatoms. The Morgan fingerprint density at radius 3 is 2.43 bits per heavy atom. The standard InChI is InChI=1S/C20H24N4O3S/c1-2-15-3-6-18(7-4-15)28(25,26)24(17-9-11-21-12-10-17)14-16-5-8-19-20(13-16)23-27-22-19/h3-8,13,17,21H,2,9-12,14H2,1H3. The van der Waals surface area contributed by atoms with Gasteiger partial charge in [0.05, 0.1) is 4.90 Å². The van der Waals surface area contributed by atoms with Gasteiger partial charge in [-0.05, 0) is 78.1 Å². The number of aryl methyl sites for hydroxylation is 1. The normalized spacial score (nSPS) is 16.1. The highest BCUT2D eigenvalue weighted by molar-refractivity contribution is 7.89. The fourth-order valence-corrected chi connectivity index (χ4v) is 5.32. The first kappa shape index (κ1) is 19.0. The van der Waals surface area contributed by atoms with Gasteiger partial charge >= 0.3 is 0 Å². The van der Waals surface area contributed by atoms with Crippen molar-refractivity contribution in [3.8, 4) is 0 Å². The Morgan fingerprint density at radius 1 is 1.04 bits per heavy atom. The monoisotopic (exact) mass is 400 g/mol. The van der Waals surface area contributed by atoms with Crippen LogP contribution in [0.2, 0.25) is 0 Å². The highest BCUT2D eigenvalue weighted by atomic mass is 32.2. The molecule has 0 radical (unpaired) electrons. The van der Waals surface area contributed by atoms with Crippen LogP contribution in [0.3, 0.4) is 0 Å². The van der Waals surface area contributed by atoms with E-state index >= 15 is 0 Å².